The van der Waals surface area contributed by atoms with E-state index in [4.69, 9.17) is 0 Å². The van der Waals surface area contributed by atoms with Gasteiger partial charge in [-0.25, -0.2) is 0 Å². The number of fused-ring (bicyclic) bond motifs is 2. The Balaban J connectivity index is 1.60. The summed E-state index contributed by atoms with van der Waals surface area (Å²) >= 11 is 0. The van der Waals surface area contributed by atoms with Gasteiger partial charge in [-0.3, -0.25) is 9.48 Å². The Morgan fingerprint density at radius 1 is 1.35 bits per heavy atom. The molecule has 2 N–H and O–H groups in total. The van der Waals surface area contributed by atoms with Crippen molar-refractivity contribution >= 4 is 11.6 Å². The van der Waals surface area contributed by atoms with Crippen molar-refractivity contribution in [3.05, 3.63) is 11.4 Å². The van der Waals surface area contributed by atoms with Crippen LogP contribution in [-0.4, -0.2) is 27.8 Å². The molecule has 0 saturated carbocycles. The molecule has 3 rings (SSSR count). The molecule has 2 atom stereocenters. The van der Waals surface area contributed by atoms with Crippen LogP contribution in [0.15, 0.2) is 0 Å². The van der Waals surface area contributed by atoms with Gasteiger partial charge in [-0.1, -0.05) is 0 Å². The smallest absolute Gasteiger partial charge is 0.224 e. The molecule has 0 spiro atoms. The van der Waals surface area contributed by atoms with Crippen LogP contribution >= 0.6 is 0 Å². The van der Waals surface area contributed by atoms with Crippen molar-refractivity contribution in [1.82, 2.24) is 15.1 Å². The molecule has 1 amide bonds. The monoisotopic (exact) mass is 276 g/mol. The van der Waals surface area contributed by atoms with Gasteiger partial charge in [0, 0.05) is 25.6 Å². The molecule has 2 unspecified atom stereocenters. The second-order valence-corrected chi connectivity index (χ2v) is 6.40. The Morgan fingerprint density at radius 3 is 2.55 bits per heavy atom. The quantitative estimate of drug-likeness (QED) is 0.886. The molecule has 0 aromatic carbocycles. The summed E-state index contributed by atoms with van der Waals surface area (Å²) in [6, 6.07) is 1.29. The van der Waals surface area contributed by atoms with E-state index in [-0.39, 0.29) is 5.91 Å². The molecular weight excluding hydrogens is 252 g/mol. The first kappa shape index (κ1) is 13.6. The topological polar surface area (TPSA) is 59.0 Å². The molecule has 2 saturated heterocycles. The fourth-order valence-corrected chi connectivity index (χ4v) is 3.75. The average Bonchev–Trinajstić information content (AvgIpc) is 2.84. The maximum absolute atomic E-state index is 12.3. The van der Waals surface area contributed by atoms with Gasteiger partial charge in [0.25, 0.3) is 0 Å². The molecule has 2 aliphatic heterocycles. The van der Waals surface area contributed by atoms with Gasteiger partial charge in [-0.15, -0.1) is 0 Å². The molecule has 2 bridgehead atoms. The summed E-state index contributed by atoms with van der Waals surface area (Å²) in [6.45, 7) is 3.92. The van der Waals surface area contributed by atoms with Gasteiger partial charge in [0.05, 0.1) is 17.1 Å². The summed E-state index contributed by atoms with van der Waals surface area (Å²) < 4.78 is 1.82. The van der Waals surface area contributed by atoms with Gasteiger partial charge in [0.2, 0.25) is 5.91 Å². The Hall–Kier alpha value is -1.36. The zero-order valence-electron chi connectivity index (χ0n) is 12.6. The van der Waals surface area contributed by atoms with Crippen LogP contribution in [0, 0.1) is 19.8 Å². The van der Waals surface area contributed by atoms with E-state index in [0.717, 1.165) is 29.9 Å². The molecular formula is C15H24N4O. The molecule has 20 heavy (non-hydrogen) atoms. The van der Waals surface area contributed by atoms with E-state index in [0.29, 0.717) is 24.4 Å². The number of aromatic nitrogens is 2. The number of nitrogens with zero attached hydrogens (tertiary/aromatic N) is 2. The summed E-state index contributed by atoms with van der Waals surface area (Å²) in [7, 11) is 1.91. The molecule has 3 heterocycles. The highest BCUT2D eigenvalue weighted by Crippen LogP contribution is 2.33. The lowest BCUT2D eigenvalue weighted by molar-refractivity contribution is -0.117. The van der Waals surface area contributed by atoms with Gasteiger partial charge in [-0.05, 0) is 45.4 Å². The maximum Gasteiger partial charge on any atom is 0.224 e. The highest BCUT2D eigenvalue weighted by molar-refractivity contribution is 5.92. The SMILES string of the molecule is Cc1nn(C)c(C)c1NC(=O)CC1CC2CCC(C1)N2. The third kappa shape index (κ3) is 2.59. The van der Waals surface area contributed by atoms with Crippen LogP contribution in [0.2, 0.25) is 0 Å². The Labute approximate surface area is 120 Å². The van der Waals surface area contributed by atoms with Crippen molar-refractivity contribution in [2.75, 3.05) is 5.32 Å². The number of amides is 1. The largest absolute Gasteiger partial charge is 0.323 e. The van der Waals surface area contributed by atoms with E-state index in [1.54, 1.807) is 0 Å². The normalized spacial score (nSPS) is 28.6. The molecule has 0 radical (unpaired) electrons. The Bertz CT molecular complexity index is 510. The van der Waals surface area contributed by atoms with Gasteiger partial charge in [0.1, 0.15) is 0 Å². The van der Waals surface area contributed by atoms with Crippen LogP contribution in [0.3, 0.4) is 0 Å². The predicted molar refractivity (Wildman–Crippen MR) is 78.6 cm³/mol. The fraction of sp³-hybridized carbons (Fsp3) is 0.733. The second-order valence-electron chi connectivity index (χ2n) is 6.40. The number of hydrogen-bond donors (Lipinski definition) is 2. The van der Waals surface area contributed by atoms with Crippen LogP contribution in [0.4, 0.5) is 5.69 Å². The van der Waals surface area contributed by atoms with Crippen molar-refractivity contribution < 1.29 is 4.79 Å². The van der Waals surface area contributed by atoms with Gasteiger partial charge < -0.3 is 10.6 Å². The molecule has 110 valence electrons. The number of nitrogens with one attached hydrogen (secondary N) is 2. The Morgan fingerprint density at radius 2 is 2.00 bits per heavy atom. The number of rotatable bonds is 3. The lowest BCUT2D eigenvalue weighted by Gasteiger charge is -2.28. The summed E-state index contributed by atoms with van der Waals surface area (Å²) in [4.78, 5) is 12.3. The summed E-state index contributed by atoms with van der Waals surface area (Å²) in [6.07, 6.45) is 5.50. The van der Waals surface area contributed by atoms with Crippen molar-refractivity contribution in [3.8, 4) is 0 Å². The number of aryl methyl sites for hydroxylation is 2. The zero-order valence-corrected chi connectivity index (χ0v) is 12.6. The minimum absolute atomic E-state index is 0.135. The summed E-state index contributed by atoms with van der Waals surface area (Å²) in [5.41, 5.74) is 2.79. The average molecular weight is 276 g/mol. The van der Waals surface area contributed by atoms with Crippen LogP contribution in [0.25, 0.3) is 0 Å². The van der Waals surface area contributed by atoms with Crippen molar-refractivity contribution in [2.24, 2.45) is 13.0 Å². The lowest BCUT2D eigenvalue weighted by atomic mass is 9.89. The summed E-state index contributed by atoms with van der Waals surface area (Å²) in [5.74, 6) is 0.668. The summed E-state index contributed by atoms with van der Waals surface area (Å²) in [5, 5.41) is 11.0. The number of carbonyl (C=O) groups is 1. The Kier molecular flexibility index (Phi) is 3.54. The minimum Gasteiger partial charge on any atom is -0.323 e. The van der Waals surface area contributed by atoms with Crippen LogP contribution in [-0.2, 0) is 11.8 Å². The lowest BCUT2D eigenvalue weighted by Crippen LogP contribution is -2.39. The predicted octanol–water partition coefficient (Wildman–Crippen LogP) is 1.90. The van der Waals surface area contributed by atoms with Crippen molar-refractivity contribution in [3.63, 3.8) is 0 Å². The van der Waals surface area contributed by atoms with Gasteiger partial charge in [0.15, 0.2) is 0 Å². The van der Waals surface area contributed by atoms with E-state index in [9.17, 15) is 4.79 Å². The zero-order chi connectivity index (χ0) is 14.3. The molecule has 5 nitrogen and oxygen atoms in total. The first-order valence-corrected chi connectivity index (χ1v) is 7.59. The number of hydrogen-bond acceptors (Lipinski definition) is 3. The number of piperidine rings is 1. The van der Waals surface area contributed by atoms with Crippen molar-refractivity contribution in [1.29, 1.82) is 0 Å². The molecule has 0 aliphatic carbocycles. The third-order valence-electron chi connectivity index (χ3n) is 4.82. The van der Waals surface area contributed by atoms with E-state index in [1.165, 1.54) is 12.8 Å². The molecule has 2 fully saturated rings. The van der Waals surface area contributed by atoms with Crippen LogP contribution in [0.1, 0.15) is 43.5 Å². The van der Waals surface area contributed by atoms with E-state index in [1.807, 2.05) is 25.6 Å². The molecule has 1 aromatic rings. The van der Waals surface area contributed by atoms with Crippen LogP contribution in [0.5, 0.6) is 0 Å². The van der Waals surface area contributed by atoms with Crippen molar-refractivity contribution in [2.45, 2.75) is 58.0 Å². The van der Waals surface area contributed by atoms with Gasteiger partial charge in [-0.2, -0.15) is 5.10 Å². The van der Waals surface area contributed by atoms with E-state index < -0.39 is 0 Å². The fourth-order valence-electron chi connectivity index (χ4n) is 3.75. The molecule has 2 aliphatic rings. The van der Waals surface area contributed by atoms with Gasteiger partial charge >= 0.3 is 0 Å². The highest BCUT2D eigenvalue weighted by Gasteiger charge is 2.34. The highest BCUT2D eigenvalue weighted by atomic mass is 16.1. The minimum atomic E-state index is 0.135. The number of carbonyl (C=O) groups excluding carboxylic acids is 1. The maximum atomic E-state index is 12.3. The first-order valence-electron chi connectivity index (χ1n) is 7.59. The van der Waals surface area contributed by atoms with E-state index >= 15 is 0 Å². The van der Waals surface area contributed by atoms with E-state index in [2.05, 4.69) is 15.7 Å². The number of anilines is 1. The molecule has 1 aromatic heterocycles. The third-order valence-corrected chi connectivity index (χ3v) is 4.82. The molecule has 5 heteroatoms. The van der Waals surface area contributed by atoms with Crippen LogP contribution < -0.4 is 10.6 Å². The second kappa shape index (κ2) is 5.20. The first-order chi connectivity index (χ1) is 9.52. The standard InChI is InChI=1S/C15H24N4O/c1-9-15(10(2)19(3)18-9)17-14(20)8-11-6-12-4-5-13(7-11)16-12/h11-13,16H,4-8H2,1-3H3,(H,17,20).